The van der Waals surface area contributed by atoms with Crippen LogP contribution in [0.25, 0.3) is 0 Å². The summed E-state index contributed by atoms with van der Waals surface area (Å²) in [5.74, 6) is -0.0545. The van der Waals surface area contributed by atoms with Gasteiger partial charge in [-0.05, 0) is 0 Å². The third-order valence-corrected chi connectivity index (χ3v) is 4.35. The first-order valence-electron chi connectivity index (χ1n) is 6.39. The van der Waals surface area contributed by atoms with Crippen LogP contribution >= 0.6 is 11.8 Å². The van der Waals surface area contributed by atoms with Gasteiger partial charge in [0, 0.05) is 12.7 Å². The van der Waals surface area contributed by atoms with Gasteiger partial charge in [-0.3, -0.25) is 4.79 Å². The lowest BCUT2D eigenvalue weighted by molar-refractivity contribution is -0.381. The highest BCUT2D eigenvalue weighted by Gasteiger charge is 2.44. The van der Waals surface area contributed by atoms with E-state index in [-0.39, 0.29) is 18.3 Å². The predicted molar refractivity (Wildman–Crippen MR) is 71.6 cm³/mol. The predicted octanol–water partition coefficient (Wildman–Crippen LogP) is -6.73. The van der Waals surface area contributed by atoms with Crippen LogP contribution in [-0.2, 0) is 9.53 Å². The number of thioether (sulfide) groups is 1. The molecule has 21 heavy (non-hydrogen) atoms. The van der Waals surface area contributed by atoms with Crippen LogP contribution in [0.5, 0.6) is 0 Å². The lowest BCUT2D eigenvalue weighted by Gasteiger charge is -2.42. The molecule has 1 amide bonds. The second-order valence-electron chi connectivity index (χ2n) is 4.71. The van der Waals surface area contributed by atoms with Crippen molar-refractivity contribution in [2.75, 3.05) is 18.9 Å². The average molecular weight is 347 g/mol. The van der Waals surface area contributed by atoms with Gasteiger partial charge in [-0.15, -0.1) is 11.8 Å². The fraction of sp³-hybridized carbons (Fsp3) is 0.909. The van der Waals surface area contributed by atoms with Crippen molar-refractivity contribution in [3.05, 3.63) is 0 Å². The maximum atomic E-state index is 11.2. The molecule has 1 aliphatic heterocycles. The number of carbonyl (C=O) groups excluding carboxylic acids is 1. The number of nitrogens with one attached hydrogen (secondary N) is 1. The molecule has 1 heterocycles. The van der Waals surface area contributed by atoms with Crippen molar-refractivity contribution in [1.82, 2.24) is 5.32 Å². The van der Waals surface area contributed by atoms with Gasteiger partial charge in [-0.25, -0.2) is 0 Å². The maximum absolute atomic E-state index is 11.2. The minimum Gasteiger partial charge on any atom is -1.00 e. The highest BCUT2D eigenvalue weighted by molar-refractivity contribution is 7.99. The van der Waals surface area contributed by atoms with Gasteiger partial charge in [0.15, 0.2) is 0 Å². The summed E-state index contributed by atoms with van der Waals surface area (Å²) in [7, 11) is 0. The molecule has 0 aromatic carbocycles. The Bertz CT molecular complexity index is 327. The second kappa shape index (κ2) is 9.80. The van der Waals surface area contributed by atoms with E-state index < -0.39 is 42.5 Å². The van der Waals surface area contributed by atoms with Gasteiger partial charge >= 0.3 is 0 Å². The lowest BCUT2D eigenvalue weighted by atomic mass is 9.98. The summed E-state index contributed by atoms with van der Waals surface area (Å²) in [4.78, 5) is 11.2. The van der Waals surface area contributed by atoms with E-state index >= 15 is 0 Å². The Hall–Kier alpha value is -0.130. The summed E-state index contributed by atoms with van der Waals surface area (Å²) in [6.07, 6.45) is -4.09. The molecule has 1 unspecified atom stereocenters. The number of rotatable bonds is 6. The second-order valence-corrected chi connectivity index (χ2v) is 5.84. The van der Waals surface area contributed by atoms with Crippen molar-refractivity contribution in [2.24, 2.45) is 0 Å². The third-order valence-electron chi connectivity index (χ3n) is 3.04. The van der Waals surface area contributed by atoms with Crippen LogP contribution in [0.2, 0.25) is 0 Å². The van der Waals surface area contributed by atoms with E-state index in [1.807, 2.05) is 0 Å². The van der Waals surface area contributed by atoms with Gasteiger partial charge in [-0.2, -0.15) is 0 Å². The summed E-state index contributed by atoms with van der Waals surface area (Å²) in [6.45, 7) is 1.18. The highest BCUT2D eigenvalue weighted by atomic mass is 35.5. The molecule has 0 spiro atoms. The fourth-order valence-corrected chi connectivity index (χ4v) is 3.14. The van der Waals surface area contributed by atoms with E-state index in [0.717, 1.165) is 0 Å². The summed E-state index contributed by atoms with van der Waals surface area (Å²) >= 11 is 1.20. The number of ether oxygens (including phenoxy) is 1. The molecule has 8 nitrogen and oxygen atoms in total. The number of amides is 1. The fourth-order valence-electron chi connectivity index (χ4n) is 1.90. The largest absolute Gasteiger partial charge is 1.00 e. The lowest BCUT2D eigenvalue weighted by Crippen LogP contribution is -3.00. The molecule has 0 aromatic heterocycles. The van der Waals surface area contributed by atoms with Gasteiger partial charge in [0.25, 0.3) is 0 Å². The molecule has 0 aromatic rings. The summed E-state index contributed by atoms with van der Waals surface area (Å²) in [6, 6.07) is -0.813. The van der Waals surface area contributed by atoms with Crippen LogP contribution in [0.3, 0.4) is 0 Å². The number of carbonyl (C=O) groups is 1. The van der Waals surface area contributed by atoms with Gasteiger partial charge < -0.3 is 48.6 Å². The van der Waals surface area contributed by atoms with Crippen LogP contribution in [0.4, 0.5) is 0 Å². The van der Waals surface area contributed by atoms with E-state index in [0.29, 0.717) is 12.3 Å². The van der Waals surface area contributed by atoms with E-state index in [1.54, 1.807) is 0 Å². The van der Waals surface area contributed by atoms with Crippen LogP contribution in [-0.4, -0.2) is 81.1 Å². The SMILES string of the molecule is CC(=O)N[C@@H]1[C@@H](O)[C@H](O)[C@@H](CO)O[C@@H]1SCC(O)C[NH3+].[Cl-]. The highest BCUT2D eigenvalue weighted by Crippen LogP contribution is 2.28. The number of aliphatic hydroxyl groups excluding tert-OH is 4. The molecule has 1 rings (SSSR count). The molecule has 6 atom stereocenters. The van der Waals surface area contributed by atoms with E-state index in [2.05, 4.69) is 11.1 Å². The quantitative estimate of drug-likeness (QED) is 0.280. The molecule has 126 valence electrons. The van der Waals surface area contributed by atoms with Gasteiger partial charge in [0.1, 0.15) is 36.4 Å². The Morgan fingerprint density at radius 3 is 2.52 bits per heavy atom. The molecule has 1 fully saturated rings. The van der Waals surface area contributed by atoms with Gasteiger partial charge in [-0.1, -0.05) is 0 Å². The van der Waals surface area contributed by atoms with Crippen LogP contribution in [0, 0.1) is 0 Å². The summed E-state index contributed by atoms with van der Waals surface area (Å²) in [5, 5.41) is 41.0. The third kappa shape index (κ3) is 5.87. The molecular weight excluding hydrogens is 324 g/mol. The Morgan fingerprint density at radius 2 is 2.05 bits per heavy atom. The van der Waals surface area contributed by atoms with Crippen molar-refractivity contribution >= 4 is 17.7 Å². The van der Waals surface area contributed by atoms with Crippen molar-refractivity contribution in [1.29, 1.82) is 0 Å². The van der Waals surface area contributed by atoms with E-state index in [4.69, 9.17) is 9.84 Å². The topological polar surface area (TPSA) is 147 Å². The number of quaternary nitrogens is 1. The van der Waals surface area contributed by atoms with Gasteiger partial charge in [0.05, 0.1) is 12.6 Å². The van der Waals surface area contributed by atoms with Crippen LogP contribution < -0.4 is 23.5 Å². The maximum Gasteiger partial charge on any atom is 0.217 e. The minimum absolute atomic E-state index is 0. The van der Waals surface area contributed by atoms with E-state index in [9.17, 15) is 20.1 Å². The first-order chi connectivity index (χ1) is 9.40. The monoisotopic (exact) mass is 346 g/mol. The molecule has 0 aliphatic carbocycles. The van der Waals surface area contributed by atoms with Crippen molar-refractivity contribution in [3.63, 3.8) is 0 Å². The van der Waals surface area contributed by atoms with Crippen LogP contribution in [0.15, 0.2) is 0 Å². The molecule has 8 N–H and O–H groups in total. The van der Waals surface area contributed by atoms with E-state index in [1.165, 1.54) is 18.7 Å². The molecule has 0 saturated carbocycles. The first-order valence-corrected chi connectivity index (χ1v) is 7.44. The minimum atomic E-state index is -1.29. The first kappa shape index (κ1) is 20.9. The zero-order valence-electron chi connectivity index (χ0n) is 11.7. The van der Waals surface area contributed by atoms with Crippen molar-refractivity contribution in [3.8, 4) is 0 Å². The molecule has 0 bridgehead atoms. The number of hydrogen-bond acceptors (Lipinski definition) is 7. The zero-order valence-corrected chi connectivity index (χ0v) is 13.3. The summed E-state index contributed by atoms with van der Waals surface area (Å²) < 4.78 is 5.48. The normalized spacial score (nSPS) is 33.9. The number of aliphatic hydroxyl groups is 4. The Labute approximate surface area is 133 Å². The number of halogens is 1. The van der Waals surface area contributed by atoms with Gasteiger partial charge in [0.2, 0.25) is 5.91 Å². The Morgan fingerprint density at radius 1 is 1.43 bits per heavy atom. The average Bonchev–Trinajstić information content (AvgIpc) is 2.42. The standard InChI is InChI=1S/C11H22N2O6S.ClH/c1-5(15)13-8-10(18)9(17)7(3-14)19-11(8)20-4-6(16)2-12;/h6-11,14,16-18H,2-4,12H2,1H3,(H,13,15);1H/t6?,7-,8-,9-,10-,11-;/m1./s1. The molecular formula is C11H23ClN2O6S. The Balaban J connectivity index is 0.00000400. The molecule has 10 heteroatoms. The van der Waals surface area contributed by atoms with Crippen molar-refractivity contribution in [2.45, 2.75) is 42.8 Å². The number of hydrogen-bond donors (Lipinski definition) is 6. The molecule has 0 radical (unpaired) electrons. The zero-order chi connectivity index (χ0) is 15.3. The van der Waals surface area contributed by atoms with Crippen molar-refractivity contribution < 1.29 is 48.1 Å². The molecule has 1 saturated heterocycles. The Kier molecular flexibility index (Phi) is 9.74. The molecule has 1 aliphatic rings. The smallest absolute Gasteiger partial charge is 0.217 e. The van der Waals surface area contributed by atoms with Crippen LogP contribution in [0.1, 0.15) is 6.92 Å². The summed E-state index contributed by atoms with van der Waals surface area (Å²) in [5.41, 5.74) is 2.90.